The number of hydrogen-bond acceptors (Lipinski definition) is 5. The number of likely N-dealkylation sites (tertiary alicyclic amines) is 2. The number of amides is 1. The monoisotopic (exact) mass is 320 g/mol. The molecule has 2 saturated heterocycles. The molecule has 2 heterocycles. The van der Waals surface area contributed by atoms with Crippen LogP contribution in [-0.4, -0.2) is 72.9 Å². The molecule has 6 heteroatoms. The first-order valence-electron chi connectivity index (χ1n) is 8.13. The van der Waals surface area contributed by atoms with E-state index in [1.54, 1.807) is 12.0 Å². The lowest BCUT2D eigenvalue weighted by atomic mass is 10.1. The molecule has 0 bridgehead atoms. The van der Waals surface area contributed by atoms with Crippen LogP contribution in [0.4, 0.5) is 0 Å². The highest BCUT2D eigenvalue weighted by atomic mass is 16.5. The Hall–Kier alpha value is -1.79. The first-order chi connectivity index (χ1) is 11.2. The van der Waals surface area contributed by atoms with E-state index in [4.69, 9.17) is 9.47 Å². The van der Waals surface area contributed by atoms with E-state index in [1.165, 1.54) is 0 Å². The maximum absolute atomic E-state index is 12.2. The third-order valence-electron chi connectivity index (χ3n) is 4.40. The number of methoxy groups -OCH3 is 1. The van der Waals surface area contributed by atoms with Crippen LogP contribution in [0, 0.1) is 0 Å². The highest BCUT2D eigenvalue weighted by Crippen LogP contribution is 2.28. The van der Waals surface area contributed by atoms with Crippen molar-refractivity contribution in [3.8, 4) is 11.5 Å². The van der Waals surface area contributed by atoms with E-state index in [1.807, 2.05) is 29.2 Å². The van der Waals surface area contributed by atoms with Gasteiger partial charge in [0, 0.05) is 6.54 Å². The standard InChI is InChI=1S/C17H24N2O4/c1-22-15-6-2-3-7-16(15)23-14-10-19(11-14)17(21)12-18-8-4-5-13(20)9-18/h2-3,6-7,13-14,20H,4-5,8-12H2,1H3/t13-/m1/s1. The van der Waals surface area contributed by atoms with Gasteiger partial charge in [-0.25, -0.2) is 0 Å². The molecule has 2 aliphatic rings. The molecule has 2 fully saturated rings. The van der Waals surface area contributed by atoms with Crippen molar-refractivity contribution in [2.24, 2.45) is 0 Å². The molecule has 0 aromatic heterocycles. The van der Waals surface area contributed by atoms with Crippen molar-refractivity contribution in [2.75, 3.05) is 39.8 Å². The number of rotatable bonds is 5. The summed E-state index contributed by atoms with van der Waals surface area (Å²) in [6, 6.07) is 7.54. The Morgan fingerprint density at radius 1 is 1.26 bits per heavy atom. The number of aliphatic hydroxyl groups is 1. The Labute approximate surface area is 136 Å². The predicted molar refractivity (Wildman–Crippen MR) is 85.7 cm³/mol. The Morgan fingerprint density at radius 2 is 2.00 bits per heavy atom. The van der Waals surface area contributed by atoms with Gasteiger partial charge in [-0.05, 0) is 31.5 Å². The molecule has 0 spiro atoms. The zero-order chi connectivity index (χ0) is 16.2. The molecule has 3 rings (SSSR count). The second-order valence-electron chi connectivity index (χ2n) is 6.22. The topological polar surface area (TPSA) is 62.2 Å². The molecule has 0 saturated carbocycles. The summed E-state index contributed by atoms with van der Waals surface area (Å²) in [7, 11) is 1.62. The fourth-order valence-corrected chi connectivity index (χ4v) is 3.08. The largest absolute Gasteiger partial charge is 0.493 e. The fraction of sp³-hybridized carbons (Fsp3) is 0.588. The molecule has 0 radical (unpaired) electrons. The summed E-state index contributed by atoms with van der Waals surface area (Å²) in [5.74, 6) is 1.53. The predicted octanol–water partition coefficient (Wildman–Crippen LogP) is 0.742. The number of β-amino-alcohol motifs (C(OH)–C–C–N with tert-alkyl or cyclic N) is 1. The van der Waals surface area contributed by atoms with Crippen molar-refractivity contribution in [3.63, 3.8) is 0 Å². The first-order valence-corrected chi connectivity index (χ1v) is 8.13. The van der Waals surface area contributed by atoms with Crippen molar-refractivity contribution in [2.45, 2.75) is 25.0 Å². The first kappa shape index (κ1) is 16.1. The van der Waals surface area contributed by atoms with Crippen molar-refractivity contribution >= 4 is 5.91 Å². The summed E-state index contributed by atoms with van der Waals surface area (Å²) >= 11 is 0. The highest BCUT2D eigenvalue weighted by Gasteiger charge is 2.33. The van der Waals surface area contributed by atoms with E-state index in [2.05, 4.69) is 0 Å². The minimum atomic E-state index is -0.297. The van der Waals surface area contributed by atoms with Crippen LogP contribution >= 0.6 is 0 Å². The van der Waals surface area contributed by atoms with E-state index in [-0.39, 0.29) is 18.1 Å². The van der Waals surface area contributed by atoms with Crippen LogP contribution in [-0.2, 0) is 4.79 Å². The van der Waals surface area contributed by atoms with E-state index in [0.717, 1.165) is 19.4 Å². The lowest BCUT2D eigenvalue weighted by Gasteiger charge is -2.40. The van der Waals surface area contributed by atoms with Crippen LogP contribution in [0.15, 0.2) is 24.3 Å². The maximum Gasteiger partial charge on any atom is 0.237 e. The maximum atomic E-state index is 12.2. The lowest BCUT2D eigenvalue weighted by molar-refractivity contribution is -0.141. The zero-order valence-electron chi connectivity index (χ0n) is 13.5. The van der Waals surface area contributed by atoms with Crippen molar-refractivity contribution in [3.05, 3.63) is 24.3 Å². The van der Waals surface area contributed by atoms with E-state index >= 15 is 0 Å². The van der Waals surface area contributed by atoms with Crippen LogP contribution in [0.5, 0.6) is 11.5 Å². The molecule has 1 atom stereocenters. The summed E-state index contributed by atoms with van der Waals surface area (Å²) in [5, 5.41) is 9.66. The van der Waals surface area contributed by atoms with E-state index in [0.29, 0.717) is 37.7 Å². The molecule has 23 heavy (non-hydrogen) atoms. The Kier molecular flexibility index (Phi) is 5.03. The van der Waals surface area contributed by atoms with Crippen molar-refractivity contribution < 1.29 is 19.4 Å². The minimum Gasteiger partial charge on any atom is -0.493 e. The molecule has 1 aromatic rings. The normalized spacial score (nSPS) is 22.5. The van der Waals surface area contributed by atoms with Gasteiger partial charge in [-0.3, -0.25) is 9.69 Å². The summed E-state index contributed by atoms with van der Waals surface area (Å²) < 4.78 is 11.2. The molecule has 1 amide bonds. The summed E-state index contributed by atoms with van der Waals surface area (Å²) in [6.45, 7) is 3.08. The van der Waals surface area contributed by atoms with Crippen LogP contribution in [0.2, 0.25) is 0 Å². The number of benzene rings is 1. The Balaban J connectivity index is 1.44. The van der Waals surface area contributed by atoms with E-state index in [9.17, 15) is 9.90 Å². The van der Waals surface area contributed by atoms with Crippen LogP contribution in [0.25, 0.3) is 0 Å². The molecular weight excluding hydrogens is 296 g/mol. The summed E-state index contributed by atoms with van der Waals surface area (Å²) in [6.07, 6.45) is 1.51. The van der Waals surface area contributed by atoms with Gasteiger partial charge in [0.2, 0.25) is 5.91 Å². The van der Waals surface area contributed by atoms with Gasteiger partial charge in [-0.1, -0.05) is 12.1 Å². The summed E-state index contributed by atoms with van der Waals surface area (Å²) in [5.41, 5.74) is 0. The molecule has 1 N–H and O–H groups in total. The zero-order valence-corrected chi connectivity index (χ0v) is 13.5. The second kappa shape index (κ2) is 7.19. The van der Waals surface area contributed by atoms with Gasteiger partial charge in [-0.2, -0.15) is 0 Å². The average Bonchev–Trinajstić information content (AvgIpc) is 2.50. The van der Waals surface area contributed by atoms with Gasteiger partial charge in [0.1, 0.15) is 6.10 Å². The number of aliphatic hydroxyl groups excluding tert-OH is 1. The summed E-state index contributed by atoms with van der Waals surface area (Å²) in [4.78, 5) is 16.1. The Morgan fingerprint density at radius 3 is 2.70 bits per heavy atom. The van der Waals surface area contributed by atoms with E-state index < -0.39 is 0 Å². The number of hydrogen-bond donors (Lipinski definition) is 1. The second-order valence-corrected chi connectivity index (χ2v) is 6.22. The number of nitrogens with zero attached hydrogens (tertiary/aromatic N) is 2. The van der Waals surface area contributed by atoms with Crippen LogP contribution in [0.3, 0.4) is 0 Å². The molecule has 1 aromatic carbocycles. The number of piperidine rings is 1. The van der Waals surface area contributed by atoms with Crippen LogP contribution < -0.4 is 9.47 Å². The third-order valence-corrected chi connectivity index (χ3v) is 4.40. The highest BCUT2D eigenvalue weighted by molar-refractivity contribution is 5.79. The lowest BCUT2D eigenvalue weighted by Crippen LogP contribution is -2.58. The molecule has 126 valence electrons. The molecular formula is C17H24N2O4. The van der Waals surface area contributed by atoms with Crippen molar-refractivity contribution in [1.29, 1.82) is 0 Å². The molecule has 6 nitrogen and oxygen atoms in total. The van der Waals surface area contributed by atoms with Gasteiger partial charge < -0.3 is 19.5 Å². The average molecular weight is 320 g/mol. The molecule has 0 aliphatic carbocycles. The molecule has 0 unspecified atom stereocenters. The van der Waals surface area contributed by atoms with Gasteiger partial charge in [-0.15, -0.1) is 0 Å². The number of ether oxygens (including phenoxy) is 2. The minimum absolute atomic E-state index is 0.0159. The fourth-order valence-electron chi connectivity index (χ4n) is 3.08. The quantitative estimate of drug-likeness (QED) is 0.867. The number of para-hydroxylation sites is 2. The molecule has 2 aliphatic heterocycles. The van der Waals surface area contributed by atoms with Crippen LogP contribution in [0.1, 0.15) is 12.8 Å². The van der Waals surface area contributed by atoms with Gasteiger partial charge in [0.25, 0.3) is 0 Å². The van der Waals surface area contributed by atoms with Crippen molar-refractivity contribution in [1.82, 2.24) is 9.80 Å². The van der Waals surface area contributed by atoms with Gasteiger partial charge in [0.15, 0.2) is 11.5 Å². The number of carbonyl (C=O) groups excluding carboxylic acids is 1. The third kappa shape index (κ3) is 3.95. The smallest absolute Gasteiger partial charge is 0.237 e. The SMILES string of the molecule is COc1ccccc1OC1CN(C(=O)CN2CCC[C@@H](O)C2)C1. The number of carbonyl (C=O) groups is 1. The Bertz CT molecular complexity index is 545. The van der Waals surface area contributed by atoms with Gasteiger partial charge >= 0.3 is 0 Å². The van der Waals surface area contributed by atoms with Gasteiger partial charge in [0.05, 0.1) is 32.8 Å².